The molecule has 13 heteroatoms. The van der Waals surface area contributed by atoms with Crippen LogP contribution in [0.4, 0.5) is 0 Å². The van der Waals surface area contributed by atoms with E-state index in [2.05, 4.69) is 98.6 Å². The van der Waals surface area contributed by atoms with Crippen LogP contribution in [-0.4, -0.2) is 97.9 Å². The summed E-state index contributed by atoms with van der Waals surface area (Å²) in [4.78, 5) is 0. The van der Waals surface area contributed by atoms with Crippen molar-refractivity contribution >= 4 is 16.6 Å². The van der Waals surface area contributed by atoms with Crippen LogP contribution in [0.15, 0.2) is 164 Å². The molecular formula is C62H84O11Si2. The van der Waals surface area contributed by atoms with Gasteiger partial charge < -0.3 is 51.5 Å². The Hall–Kier alpha value is -4.17. The molecule has 2 aliphatic heterocycles. The van der Waals surface area contributed by atoms with E-state index in [9.17, 15) is 0 Å². The Morgan fingerprint density at radius 3 is 1.04 bits per heavy atom. The molecule has 11 nitrogen and oxygen atoms in total. The molecule has 2 fully saturated rings. The lowest BCUT2D eigenvalue weighted by molar-refractivity contribution is -0.375. The Balaban J connectivity index is 1.36. The Morgan fingerprint density at radius 2 is 0.693 bits per heavy atom. The molecule has 2 aliphatic rings. The predicted octanol–water partition coefficient (Wildman–Crippen LogP) is 13.0. The molecule has 5 aromatic rings. The van der Waals surface area contributed by atoms with Gasteiger partial charge in [0.25, 0.3) is 0 Å². The van der Waals surface area contributed by atoms with Gasteiger partial charge in [0, 0.05) is 0 Å². The summed E-state index contributed by atoms with van der Waals surface area (Å²) >= 11 is 0. The summed E-state index contributed by atoms with van der Waals surface area (Å²) in [5.41, 5.74) is 4.96. The van der Waals surface area contributed by atoms with Crippen molar-refractivity contribution in [2.75, 3.05) is 19.8 Å². The van der Waals surface area contributed by atoms with Crippen LogP contribution in [0.5, 0.6) is 0 Å². The summed E-state index contributed by atoms with van der Waals surface area (Å²) in [7, 11) is -4.73. The number of hydrogen-bond donors (Lipinski definition) is 0. The number of rotatable bonds is 26. The maximum Gasteiger partial charge on any atom is 0.192 e. The molecule has 5 aromatic carbocycles. The van der Waals surface area contributed by atoms with Crippen molar-refractivity contribution in [3.63, 3.8) is 0 Å². The first-order valence-electron chi connectivity index (χ1n) is 26.7. The van der Waals surface area contributed by atoms with E-state index >= 15 is 0 Å². The molecule has 406 valence electrons. The van der Waals surface area contributed by atoms with E-state index in [0.717, 1.165) is 27.8 Å². The van der Waals surface area contributed by atoms with Gasteiger partial charge in [-0.25, -0.2) is 0 Å². The number of ether oxygens (including phenoxy) is 9. The van der Waals surface area contributed by atoms with Crippen LogP contribution in [0.2, 0.25) is 36.3 Å². The normalized spacial score (nSPS) is 24.7. The molecule has 10 atom stereocenters. The molecule has 0 aromatic heterocycles. The van der Waals surface area contributed by atoms with E-state index in [1.807, 2.05) is 127 Å². The third kappa shape index (κ3) is 16.7. The van der Waals surface area contributed by atoms with Gasteiger partial charge in [-0.1, -0.05) is 199 Å². The molecule has 0 aliphatic carbocycles. The van der Waals surface area contributed by atoms with Gasteiger partial charge in [0.1, 0.15) is 48.8 Å². The average molecular weight is 1060 g/mol. The van der Waals surface area contributed by atoms with Crippen molar-refractivity contribution in [3.8, 4) is 0 Å². The van der Waals surface area contributed by atoms with E-state index < -0.39 is 78.0 Å². The second kappa shape index (κ2) is 27.4. The van der Waals surface area contributed by atoms with Crippen LogP contribution < -0.4 is 0 Å². The molecule has 0 bridgehead atoms. The van der Waals surface area contributed by atoms with Gasteiger partial charge in [-0.2, -0.15) is 0 Å². The van der Waals surface area contributed by atoms with E-state index in [1.54, 1.807) is 6.08 Å². The summed E-state index contributed by atoms with van der Waals surface area (Å²) in [6.07, 6.45) is -6.35. The van der Waals surface area contributed by atoms with E-state index in [4.69, 9.17) is 51.5 Å². The minimum Gasteiger partial charge on any atom is -0.414 e. The van der Waals surface area contributed by atoms with Gasteiger partial charge in [0.05, 0.1) is 52.9 Å². The van der Waals surface area contributed by atoms with Crippen molar-refractivity contribution in [2.45, 2.75) is 172 Å². The first-order chi connectivity index (χ1) is 35.9. The third-order valence-electron chi connectivity index (χ3n) is 15.1. The van der Waals surface area contributed by atoms with Gasteiger partial charge in [-0.05, 0) is 64.1 Å². The zero-order chi connectivity index (χ0) is 53.5. The molecule has 0 radical (unpaired) electrons. The van der Waals surface area contributed by atoms with E-state index in [-0.39, 0.29) is 56.3 Å². The first kappa shape index (κ1) is 58.5. The molecule has 7 rings (SSSR count). The molecule has 75 heavy (non-hydrogen) atoms. The fourth-order valence-electron chi connectivity index (χ4n) is 8.53. The topological polar surface area (TPSA) is 102 Å². The number of hydrogen-bond acceptors (Lipinski definition) is 11. The highest BCUT2D eigenvalue weighted by molar-refractivity contribution is 6.74. The molecule has 0 N–H and O–H groups in total. The highest BCUT2D eigenvalue weighted by atomic mass is 28.4. The summed E-state index contributed by atoms with van der Waals surface area (Å²) in [6, 6.07) is 50.6. The second-order valence-corrected chi connectivity index (χ2v) is 32.4. The van der Waals surface area contributed by atoms with E-state index in [1.165, 1.54) is 0 Å². The first-order valence-corrected chi connectivity index (χ1v) is 32.5. The molecule has 0 amide bonds. The van der Waals surface area contributed by atoms with Crippen LogP contribution >= 0.6 is 0 Å². The fraction of sp³-hybridized carbons (Fsp3) is 0.484. The van der Waals surface area contributed by atoms with Crippen molar-refractivity contribution < 1.29 is 51.5 Å². The van der Waals surface area contributed by atoms with E-state index in [0.29, 0.717) is 6.61 Å². The number of benzene rings is 5. The fourth-order valence-corrected chi connectivity index (χ4v) is 10.6. The van der Waals surface area contributed by atoms with Crippen molar-refractivity contribution in [1.82, 2.24) is 0 Å². The Morgan fingerprint density at radius 1 is 0.400 bits per heavy atom. The van der Waals surface area contributed by atoms with Crippen LogP contribution in [-0.2, 0) is 84.5 Å². The van der Waals surface area contributed by atoms with Gasteiger partial charge >= 0.3 is 0 Å². The summed E-state index contributed by atoms with van der Waals surface area (Å²) in [6.45, 7) is 28.3. The monoisotopic (exact) mass is 1060 g/mol. The Kier molecular flexibility index (Phi) is 21.4. The smallest absolute Gasteiger partial charge is 0.192 e. The van der Waals surface area contributed by atoms with Crippen molar-refractivity contribution in [1.29, 1.82) is 0 Å². The van der Waals surface area contributed by atoms with Crippen LogP contribution in [0.25, 0.3) is 0 Å². The standard InChI is InChI=1S/C62H84O11Si2/c1-12-38-63-59-57(67-42-49-34-24-16-25-35-49)56(66-41-48-32-22-15-23-33-48)54(52(71-59)45-70-75(10,11)62(5,6)7)73-60-58(68-43-50-36-26-17-27-37-50)55(65-40-47-30-20-14-21-31-47)53(64-39-46-28-18-13-19-29-46)51(72-60)44-69-74(8,9)61(2,3)4/h12-37,51-60H,1,38-45H2,2-11H3/t51-,52-,53-,54-,55+,56+,57-,58-,59?,60+/m1/s1. The molecule has 2 saturated heterocycles. The minimum absolute atomic E-state index is 0.0818. The molecule has 2 heterocycles. The zero-order valence-electron chi connectivity index (χ0n) is 46.1. The maximum atomic E-state index is 7.66. The van der Waals surface area contributed by atoms with Crippen LogP contribution in [0, 0.1) is 0 Å². The van der Waals surface area contributed by atoms with Crippen molar-refractivity contribution in [3.05, 3.63) is 192 Å². The van der Waals surface area contributed by atoms with Gasteiger partial charge in [0.2, 0.25) is 0 Å². The maximum absolute atomic E-state index is 7.66. The lowest BCUT2D eigenvalue weighted by Crippen LogP contribution is -2.67. The highest BCUT2D eigenvalue weighted by Gasteiger charge is 2.55. The summed E-state index contributed by atoms with van der Waals surface area (Å²) in [5, 5.41) is -0.179. The highest BCUT2D eigenvalue weighted by Crippen LogP contribution is 2.41. The molecular weight excluding hydrogens is 977 g/mol. The molecule has 1 unspecified atom stereocenters. The quantitative estimate of drug-likeness (QED) is 0.0391. The largest absolute Gasteiger partial charge is 0.414 e. The molecule has 0 saturated carbocycles. The third-order valence-corrected chi connectivity index (χ3v) is 24.1. The van der Waals surface area contributed by atoms with Crippen LogP contribution in [0.1, 0.15) is 69.4 Å². The lowest BCUT2D eigenvalue weighted by Gasteiger charge is -2.51. The zero-order valence-corrected chi connectivity index (χ0v) is 48.1. The Labute approximate surface area is 450 Å². The minimum atomic E-state index is -2.38. The lowest BCUT2D eigenvalue weighted by atomic mass is 9.95. The van der Waals surface area contributed by atoms with Gasteiger partial charge in [0.15, 0.2) is 29.2 Å². The Bertz CT molecular complexity index is 2400. The van der Waals surface area contributed by atoms with Gasteiger partial charge in [-0.15, -0.1) is 6.58 Å². The summed E-state index contributed by atoms with van der Waals surface area (Å²) in [5.74, 6) is 0. The van der Waals surface area contributed by atoms with Crippen LogP contribution in [0.3, 0.4) is 0 Å². The average Bonchev–Trinajstić information content (AvgIpc) is 3.40. The van der Waals surface area contributed by atoms with Gasteiger partial charge in [-0.3, -0.25) is 0 Å². The SMILES string of the molecule is C=CCOC1O[C@H](CO[Si](C)(C)C(C)(C)C)[C@@H](O[C@@H]2O[C@H](CO[Si](C)(C)C(C)(C)C)[C@@H](OCc3ccccc3)[C@H](OCc3ccccc3)[C@H]2OCc2ccccc2)[C@H](OCc2ccccc2)[C@H]1OCc1ccccc1. The molecule has 0 spiro atoms. The summed E-state index contributed by atoms with van der Waals surface area (Å²) < 4.78 is 78.4. The van der Waals surface area contributed by atoms with Crippen molar-refractivity contribution in [2.24, 2.45) is 0 Å². The predicted molar refractivity (Wildman–Crippen MR) is 300 cm³/mol. The second-order valence-electron chi connectivity index (χ2n) is 22.8.